The highest BCUT2D eigenvalue weighted by Gasteiger charge is 2.24. The van der Waals surface area contributed by atoms with Gasteiger partial charge in [-0.1, -0.05) is 11.6 Å². The molecule has 1 saturated heterocycles. The zero-order valence-corrected chi connectivity index (χ0v) is 8.92. The molecule has 4 nitrogen and oxygen atoms in total. The van der Waals surface area contributed by atoms with Gasteiger partial charge in [0.1, 0.15) is 5.82 Å². The Morgan fingerprint density at radius 1 is 1.25 bits per heavy atom. The van der Waals surface area contributed by atoms with E-state index in [0.29, 0.717) is 0 Å². The van der Waals surface area contributed by atoms with Gasteiger partial charge >= 0.3 is 0 Å². The molecular weight excluding hydrogens is 235 g/mol. The Labute approximate surface area is 96.0 Å². The summed E-state index contributed by atoms with van der Waals surface area (Å²) in [4.78, 5) is 23.6. The molecule has 2 amide bonds. The smallest absolute Gasteiger partial charge is 0.246 e. The fourth-order valence-electron chi connectivity index (χ4n) is 1.55. The molecule has 1 aliphatic heterocycles. The number of nitrogens with zero attached hydrogens (tertiary/aromatic N) is 1. The Morgan fingerprint density at radius 3 is 2.44 bits per heavy atom. The Bertz CT molecular complexity index is 448. The van der Waals surface area contributed by atoms with Crippen molar-refractivity contribution in [3.05, 3.63) is 29.0 Å². The second-order valence-electron chi connectivity index (χ2n) is 3.42. The number of hydrogen-bond donors (Lipinski definition) is 1. The number of rotatable bonds is 1. The minimum atomic E-state index is -0.546. The van der Waals surface area contributed by atoms with Crippen LogP contribution in [0.1, 0.15) is 0 Å². The third-order valence-electron chi connectivity index (χ3n) is 2.20. The van der Waals surface area contributed by atoms with Crippen molar-refractivity contribution in [3.63, 3.8) is 0 Å². The molecule has 1 N–H and O–H groups in total. The standard InChI is InChI=1S/C10H8ClFN2O2/c11-6-1-2-8(7(12)3-6)14-4-9(15)13-10(16)5-14/h1-3H,4-5H2,(H,13,15,16). The molecular formula is C10H8ClFN2O2. The van der Waals surface area contributed by atoms with Gasteiger partial charge in [0.2, 0.25) is 11.8 Å². The number of piperazine rings is 1. The number of benzene rings is 1. The molecule has 1 heterocycles. The number of nitrogens with one attached hydrogen (secondary N) is 1. The average molecular weight is 243 g/mol. The van der Waals surface area contributed by atoms with E-state index in [-0.39, 0.29) is 23.8 Å². The molecule has 0 aromatic heterocycles. The predicted molar refractivity (Wildman–Crippen MR) is 56.8 cm³/mol. The molecule has 0 saturated carbocycles. The van der Waals surface area contributed by atoms with Crippen molar-refractivity contribution in [2.24, 2.45) is 0 Å². The number of carbonyl (C=O) groups excluding carboxylic acids is 2. The summed E-state index contributed by atoms with van der Waals surface area (Å²) in [7, 11) is 0. The van der Waals surface area contributed by atoms with Crippen molar-refractivity contribution >= 4 is 29.1 Å². The van der Waals surface area contributed by atoms with E-state index >= 15 is 0 Å². The highest BCUT2D eigenvalue weighted by molar-refractivity contribution is 6.30. The largest absolute Gasteiger partial charge is 0.351 e. The van der Waals surface area contributed by atoms with E-state index < -0.39 is 17.6 Å². The predicted octanol–water partition coefficient (Wildman–Crippen LogP) is 0.942. The van der Waals surface area contributed by atoms with Crippen molar-refractivity contribution in [2.75, 3.05) is 18.0 Å². The zero-order chi connectivity index (χ0) is 11.7. The van der Waals surface area contributed by atoms with E-state index in [2.05, 4.69) is 5.32 Å². The lowest BCUT2D eigenvalue weighted by Gasteiger charge is -2.27. The molecule has 1 fully saturated rings. The highest BCUT2D eigenvalue weighted by atomic mass is 35.5. The summed E-state index contributed by atoms with van der Waals surface area (Å²) < 4.78 is 13.5. The van der Waals surface area contributed by atoms with Crippen LogP contribution in [-0.2, 0) is 9.59 Å². The molecule has 6 heteroatoms. The molecule has 1 aliphatic rings. The van der Waals surface area contributed by atoms with Crippen molar-refractivity contribution in [1.82, 2.24) is 5.32 Å². The molecule has 0 spiro atoms. The zero-order valence-electron chi connectivity index (χ0n) is 8.17. The molecule has 0 bridgehead atoms. The maximum absolute atomic E-state index is 13.5. The fraction of sp³-hybridized carbons (Fsp3) is 0.200. The maximum atomic E-state index is 13.5. The van der Waals surface area contributed by atoms with Crippen LogP contribution in [0.15, 0.2) is 18.2 Å². The first-order valence-electron chi connectivity index (χ1n) is 4.59. The summed E-state index contributed by atoms with van der Waals surface area (Å²) in [5.41, 5.74) is 0.201. The molecule has 2 rings (SSSR count). The van der Waals surface area contributed by atoms with Crippen molar-refractivity contribution < 1.29 is 14.0 Å². The summed E-state index contributed by atoms with van der Waals surface area (Å²) in [6, 6.07) is 4.11. The van der Waals surface area contributed by atoms with Crippen molar-refractivity contribution in [3.8, 4) is 0 Å². The van der Waals surface area contributed by atoms with Gasteiger partial charge in [-0.05, 0) is 18.2 Å². The van der Waals surface area contributed by atoms with Gasteiger partial charge in [-0.15, -0.1) is 0 Å². The van der Waals surface area contributed by atoms with E-state index in [9.17, 15) is 14.0 Å². The molecule has 0 radical (unpaired) electrons. The first-order chi connectivity index (χ1) is 7.56. The van der Waals surface area contributed by atoms with Crippen LogP contribution in [0.25, 0.3) is 0 Å². The third-order valence-corrected chi connectivity index (χ3v) is 2.43. The number of amides is 2. The van der Waals surface area contributed by atoms with Gasteiger partial charge < -0.3 is 4.90 Å². The van der Waals surface area contributed by atoms with E-state index in [0.717, 1.165) is 6.07 Å². The van der Waals surface area contributed by atoms with Crippen LogP contribution in [0.5, 0.6) is 0 Å². The van der Waals surface area contributed by atoms with Gasteiger partial charge in [0.25, 0.3) is 0 Å². The Hall–Kier alpha value is -1.62. The minimum absolute atomic E-state index is 0.0374. The SMILES string of the molecule is O=C1CN(c2ccc(Cl)cc2F)CC(=O)N1. The molecule has 16 heavy (non-hydrogen) atoms. The monoisotopic (exact) mass is 242 g/mol. The van der Waals surface area contributed by atoms with Gasteiger partial charge in [0.05, 0.1) is 18.8 Å². The lowest BCUT2D eigenvalue weighted by molar-refractivity contribution is -0.130. The number of hydrogen-bond acceptors (Lipinski definition) is 3. The van der Waals surface area contributed by atoms with Gasteiger partial charge in [-0.25, -0.2) is 4.39 Å². The summed E-state index contributed by atoms with van der Waals surface area (Å²) in [5.74, 6) is -1.42. The number of anilines is 1. The lowest BCUT2D eigenvalue weighted by Crippen LogP contribution is -2.51. The van der Waals surface area contributed by atoms with Gasteiger partial charge in [0.15, 0.2) is 0 Å². The summed E-state index contributed by atoms with van der Waals surface area (Å²) in [6.07, 6.45) is 0. The highest BCUT2D eigenvalue weighted by Crippen LogP contribution is 2.23. The van der Waals surface area contributed by atoms with Crippen LogP contribution in [0.2, 0.25) is 5.02 Å². The average Bonchev–Trinajstić information content (AvgIpc) is 2.15. The second-order valence-corrected chi connectivity index (χ2v) is 3.86. The molecule has 0 unspecified atom stereocenters. The van der Waals surface area contributed by atoms with E-state index in [1.54, 1.807) is 0 Å². The Balaban J connectivity index is 2.29. The second kappa shape index (κ2) is 4.09. The van der Waals surface area contributed by atoms with Crippen LogP contribution >= 0.6 is 11.6 Å². The quantitative estimate of drug-likeness (QED) is 0.746. The summed E-state index contributed by atoms with van der Waals surface area (Å²) >= 11 is 5.61. The molecule has 1 aromatic carbocycles. The van der Waals surface area contributed by atoms with Crippen LogP contribution in [-0.4, -0.2) is 24.9 Å². The van der Waals surface area contributed by atoms with Gasteiger partial charge in [-0.2, -0.15) is 0 Å². The Kier molecular flexibility index (Phi) is 2.78. The van der Waals surface area contributed by atoms with Gasteiger partial charge in [0, 0.05) is 5.02 Å². The summed E-state index contributed by atoms with van der Waals surface area (Å²) in [5, 5.41) is 2.41. The normalized spacial score (nSPS) is 16.2. The van der Waals surface area contributed by atoms with Crippen molar-refractivity contribution in [1.29, 1.82) is 0 Å². The van der Waals surface area contributed by atoms with E-state index in [1.807, 2.05) is 0 Å². The summed E-state index contributed by atoms with van der Waals surface area (Å²) in [6.45, 7) is -0.0748. The number of halogens is 2. The van der Waals surface area contributed by atoms with Crippen LogP contribution in [0.4, 0.5) is 10.1 Å². The maximum Gasteiger partial charge on any atom is 0.246 e. The fourth-order valence-corrected chi connectivity index (χ4v) is 1.70. The lowest BCUT2D eigenvalue weighted by atomic mass is 10.2. The molecule has 0 atom stereocenters. The van der Waals surface area contributed by atoms with Crippen LogP contribution in [0.3, 0.4) is 0 Å². The topological polar surface area (TPSA) is 49.4 Å². The number of carbonyl (C=O) groups is 2. The molecule has 84 valence electrons. The first-order valence-corrected chi connectivity index (χ1v) is 4.97. The van der Waals surface area contributed by atoms with Crippen molar-refractivity contribution in [2.45, 2.75) is 0 Å². The van der Waals surface area contributed by atoms with Crippen LogP contribution in [0, 0.1) is 5.82 Å². The number of imide groups is 1. The van der Waals surface area contributed by atoms with Crippen LogP contribution < -0.4 is 10.2 Å². The first kappa shape index (κ1) is 10.9. The molecule has 0 aliphatic carbocycles. The molecule has 1 aromatic rings. The van der Waals surface area contributed by atoms with E-state index in [1.165, 1.54) is 17.0 Å². The third kappa shape index (κ3) is 2.14. The Morgan fingerprint density at radius 2 is 1.88 bits per heavy atom. The van der Waals surface area contributed by atoms with E-state index in [4.69, 9.17) is 11.6 Å². The van der Waals surface area contributed by atoms with Gasteiger partial charge in [-0.3, -0.25) is 14.9 Å². The minimum Gasteiger partial charge on any atom is -0.351 e.